The lowest BCUT2D eigenvalue weighted by molar-refractivity contribution is -0.297. The Bertz CT molecular complexity index is 778. The number of esters is 1. The molecule has 0 unspecified atom stereocenters. The van der Waals surface area contributed by atoms with Crippen LogP contribution in [0.5, 0.6) is 0 Å². The molecule has 0 spiro atoms. The van der Waals surface area contributed by atoms with Crippen molar-refractivity contribution in [2.45, 2.75) is 44.2 Å². The molecule has 1 heterocycles. The van der Waals surface area contributed by atoms with Crippen molar-refractivity contribution in [1.29, 1.82) is 0 Å². The van der Waals surface area contributed by atoms with Crippen molar-refractivity contribution < 1.29 is 28.8 Å². The van der Waals surface area contributed by atoms with Crippen LogP contribution in [0.1, 0.15) is 22.8 Å². The third-order valence-electron chi connectivity index (χ3n) is 4.67. The molecule has 0 aliphatic carbocycles. The number of hydrogen-bond acceptors (Lipinski definition) is 6. The van der Waals surface area contributed by atoms with Gasteiger partial charge >= 0.3 is 5.97 Å². The first kappa shape index (κ1) is 21.2. The Labute approximate surface area is 170 Å². The first-order valence-electron chi connectivity index (χ1n) is 9.57. The molecule has 0 amide bonds. The lowest BCUT2D eigenvalue weighted by Gasteiger charge is -2.42. The van der Waals surface area contributed by atoms with Gasteiger partial charge in [0, 0.05) is 0 Å². The standard InChI is InChI=1S/C23H26O6/c1-3-14-26-23-21(29-22(25)18-12-8-5-9-13-18)19(24)20(16(2)28-23)27-15-17-10-6-4-7-11-17/h3-13,16,19-21,23-24H,1,14-15H2,2H3/t16-,19+,20-,21+,23+/m0/s1. The summed E-state index contributed by atoms with van der Waals surface area (Å²) >= 11 is 0. The van der Waals surface area contributed by atoms with Crippen LogP contribution >= 0.6 is 0 Å². The van der Waals surface area contributed by atoms with E-state index in [-0.39, 0.29) is 6.61 Å². The Morgan fingerprint density at radius 1 is 1.07 bits per heavy atom. The van der Waals surface area contributed by atoms with Crippen LogP contribution in [0.3, 0.4) is 0 Å². The Balaban J connectivity index is 1.73. The molecule has 154 valence electrons. The number of aliphatic hydroxyl groups is 1. The van der Waals surface area contributed by atoms with E-state index in [4.69, 9.17) is 18.9 Å². The lowest BCUT2D eigenvalue weighted by Crippen LogP contribution is -2.59. The molecule has 3 rings (SSSR count). The Morgan fingerprint density at radius 2 is 1.72 bits per heavy atom. The maximum absolute atomic E-state index is 12.5. The minimum atomic E-state index is -1.12. The molecule has 1 fully saturated rings. The highest BCUT2D eigenvalue weighted by atomic mass is 16.7. The molecule has 2 aromatic rings. The highest BCUT2D eigenvalue weighted by Gasteiger charge is 2.47. The number of ether oxygens (including phenoxy) is 4. The molecule has 6 heteroatoms. The van der Waals surface area contributed by atoms with Gasteiger partial charge in [0.2, 0.25) is 0 Å². The highest BCUT2D eigenvalue weighted by Crippen LogP contribution is 2.28. The second-order valence-corrected chi connectivity index (χ2v) is 6.82. The molecule has 1 saturated heterocycles. The van der Waals surface area contributed by atoms with Crippen molar-refractivity contribution >= 4 is 5.97 Å². The van der Waals surface area contributed by atoms with E-state index in [1.54, 1.807) is 43.3 Å². The molecule has 0 saturated carbocycles. The zero-order valence-corrected chi connectivity index (χ0v) is 16.3. The number of carbonyl (C=O) groups excluding carboxylic acids is 1. The van der Waals surface area contributed by atoms with Crippen molar-refractivity contribution in [3.63, 3.8) is 0 Å². The summed E-state index contributed by atoms with van der Waals surface area (Å²) in [5, 5.41) is 11.0. The van der Waals surface area contributed by atoms with Gasteiger partial charge in [0.25, 0.3) is 0 Å². The van der Waals surface area contributed by atoms with E-state index in [1.165, 1.54) is 0 Å². The number of rotatable bonds is 8. The summed E-state index contributed by atoms with van der Waals surface area (Å²) in [6, 6.07) is 18.2. The summed E-state index contributed by atoms with van der Waals surface area (Å²) in [5.41, 5.74) is 1.34. The van der Waals surface area contributed by atoms with Crippen molar-refractivity contribution in [1.82, 2.24) is 0 Å². The first-order chi connectivity index (χ1) is 14.1. The number of hydrogen-bond donors (Lipinski definition) is 1. The van der Waals surface area contributed by atoms with Crippen LogP contribution in [-0.2, 0) is 25.6 Å². The van der Waals surface area contributed by atoms with Crippen LogP contribution in [0.2, 0.25) is 0 Å². The van der Waals surface area contributed by atoms with Gasteiger partial charge in [-0.3, -0.25) is 0 Å². The number of carbonyl (C=O) groups is 1. The third kappa shape index (κ3) is 5.52. The molecule has 0 radical (unpaired) electrons. The van der Waals surface area contributed by atoms with Crippen LogP contribution in [0.25, 0.3) is 0 Å². The second kappa shape index (κ2) is 10.3. The fourth-order valence-electron chi connectivity index (χ4n) is 3.18. The monoisotopic (exact) mass is 398 g/mol. The second-order valence-electron chi connectivity index (χ2n) is 6.82. The van der Waals surface area contributed by atoms with E-state index in [2.05, 4.69) is 6.58 Å². The SMILES string of the molecule is C=CCO[C@@H]1O[C@@H](C)[C@H](OCc2ccccc2)[C@@H](O)[C@H]1OC(=O)c1ccccc1. The smallest absolute Gasteiger partial charge is 0.338 e. The maximum atomic E-state index is 12.5. The van der Waals surface area contributed by atoms with Gasteiger partial charge < -0.3 is 24.1 Å². The molecule has 1 aliphatic heterocycles. The molecule has 0 aromatic heterocycles. The summed E-state index contributed by atoms with van der Waals surface area (Å²) in [6.07, 6.45) is -2.68. The fourth-order valence-corrected chi connectivity index (χ4v) is 3.18. The van der Waals surface area contributed by atoms with Gasteiger partial charge in [0.15, 0.2) is 12.4 Å². The van der Waals surface area contributed by atoms with Crippen molar-refractivity contribution in [3.8, 4) is 0 Å². The van der Waals surface area contributed by atoms with E-state index >= 15 is 0 Å². The normalized spacial score (nSPS) is 26.6. The van der Waals surface area contributed by atoms with Gasteiger partial charge in [-0.25, -0.2) is 4.79 Å². The quantitative estimate of drug-likeness (QED) is 0.544. The van der Waals surface area contributed by atoms with E-state index < -0.39 is 36.7 Å². The molecule has 2 aromatic carbocycles. The summed E-state index contributed by atoms with van der Waals surface area (Å²) in [4.78, 5) is 12.5. The Hall–Kier alpha value is -2.51. The molecule has 1 N–H and O–H groups in total. The largest absolute Gasteiger partial charge is 0.450 e. The predicted octanol–water partition coefficient (Wildman–Crippen LogP) is 3.11. The summed E-state index contributed by atoms with van der Waals surface area (Å²) in [7, 11) is 0. The van der Waals surface area contributed by atoms with Crippen molar-refractivity contribution in [3.05, 3.63) is 84.4 Å². The molecule has 0 bridgehead atoms. The van der Waals surface area contributed by atoms with Gasteiger partial charge in [-0.15, -0.1) is 6.58 Å². The van der Waals surface area contributed by atoms with Crippen LogP contribution in [0.15, 0.2) is 73.3 Å². The van der Waals surface area contributed by atoms with Crippen LogP contribution in [0, 0.1) is 0 Å². The van der Waals surface area contributed by atoms with Crippen LogP contribution < -0.4 is 0 Å². The van der Waals surface area contributed by atoms with Crippen LogP contribution in [0.4, 0.5) is 0 Å². The minimum Gasteiger partial charge on any atom is -0.450 e. The molecule has 5 atom stereocenters. The van der Waals surface area contributed by atoms with E-state index in [0.29, 0.717) is 12.2 Å². The number of benzene rings is 2. The van der Waals surface area contributed by atoms with Gasteiger partial charge in [-0.2, -0.15) is 0 Å². The Morgan fingerprint density at radius 3 is 2.38 bits per heavy atom. The van der Waals surface area contributed by atoms with Gasteiger partial charge in [0.1, 0.15) is 12.2 Å². The van der Waals surface area contributed by atoms with Crippen molar-refractivity contribution in [2.24, 2.45) is 0 Å². The van der Waals surface area contributed by atoms with E-state index in [1.807, 2.05) is 30.3 Å². The third-order valence-corrected chi connectivity index (χ3v) is 4.67. The average Bonchev–Trinajstić information content (AvgIpc) is 2.75. The number of aliphatic hydroxyl groups excluding tert-OH is 1. The molecular formula is C23H26O6. The molecular weight excluding hydrogens is 372 g/mol. The predicted molar refractivity (Wildman–Crippen MR) is 107 cm³/mol. The maximum Gasteiger partial charge on any atom is 0.338 e. The van der Waals surface area contributed by atoms with E-state index in [9.17, 15) is 9.90 Å². The molecule has 29 heavy (non-hydrogen) atoms. The Kier molecular flexibility index (Phi) is 7.55. The summed E-state index contributed by atoms with van der Waals surface area (Å²) in [6.45, 7) is 5.90. The zero-order chi connectivity index (χ0) is 20.6. The summed E-state index contributed by atoms with van der Waals surface area (Å²) in [5.74, 6) is -0.568. The van der Waals surface area contributed by atoms with Gasteiger partial charge in [-0.05, 0) is 24.6 Å². The van der Waals surface area contributed by atoms with Crippen molar-refractivity contribution in [2.75, 3.05) is 6.61 Å². The topological polar surface area (TPSA) is 74.2 Å². The fraction of sp³-hybridized carbons (Fsp3) is 0.348. The zero-order valence-electron chi connectivity index (χ0n) is 16.3. The molecule has 6 nitrogen and oxygen atoms in total. The molecule has 1 aliphatic rings. The minimum absolute atomic E-state index is 0.193. The first-order valence-corrected chi connectivity index (χ1v) is 9.57. The van der Waals surface area contributed by atoms with Gasteiger partial charge in [0.05, 0.1) is 24.9 Å². The lowest BCUT2D eigenvalue weighted by atomic mass is 9.99. The van der Waals surface area contributed by atoms with Crippen LogP contribution in [-0.4, -0.2) is 48.4 Å². The van der Waals surface area contributed by atoms with E-state index in [0.717, 1.165) is 5.56 Å². The van der Waals surface area contributed by atoms with Gasteiger partial charge in [-0.1, -0.05) is 54.6 Å². The average molecular weight is 398 g/mol. The highest BCUT2D eigenvalue weighted by molar-refractivity contribution is 5.89. The summed E-state index contributed by atoms with van der Waals surface area (Å²) < 4.78 is 23.0.